The van der Waals surface area contributed by atoms with Crippen LogP contribution in [0.3, 0.4) is 0 Å². The van der Waals surface area contributed by atoms with Gasteiger partial charge in [0.25, 0.3) is 5.56 Å². The summed E-state index contributed by atoms with van der Waals surface area (Å²) in [5.41, 5.74) is 0.945. The van der Waals surface area contributed by atoms with Gasteiger partial charge in [-0.05, 0) is 25.8 Å². The van der Waals surface area contributed by atoms with Gasteiger partial charge in [-0.1, -0.05) is 11.6 Å². The van der Waals surface area contributed by atoms with Crippen molar-refractivity contribution in [2.45, 2.75) is 25.7 Å². The summed E-state index contributed by atoms with van der Waals surface area (Å²) in [6.07, 6.45) is 3.93. The molecule has 7 nitrogen and oxygen atoms in total. The standard InChI is InChI=1S/C15H14ClN5O2/c1-7-10(15(23)20(2)19-7)12(22)9-5-6-21-13(8-3-4-8)17-18-14(21)11(9)16/h5-6,8,19H,3-4H2,1-2H3. The molecule has 4 rings (SSSR count). The van der Waals surface area contributed by atoms with E-state index in [0.29, 0.717) is 17.3 Å². The van der Waals surface area contributed by atoms with E-state index in [9.17, 15) is 9.59 Å². The first-order chi connectivity index (χ1) is 11.0. The van der Waals surface area contributed by atoms with Gasteiger partial charge < -0.3 is 0 Å². The number of H-pyrrole nitrogens is 1. The molecule has 0 aliphatic heterocycles. The Morgan fingerprint density at radius 2 is 2.13 bits per heavy atom. The number of nitrogens with zero attached hydrogens (tertiary/aromatic N) is 4. The van der Waals surface area contributed by atoms with Gasteiger partial charge in [-0.2, -0.15) is 0 Å². The lowest BCUT2D eigenvalue weighted by Crippen LogP contribution is -2.20. The number of nitrogens with one attached hydrogen (secondary N) is 1. The minimum atomic E-state index is -0.409. The SMILES string of the molecule is Cc1[nH]n(C)c(=O)c1C(=O)c1ccn2c(C3CC3)nnc2c1Cl. The maximum atomic E-state index is 12.7. The molecule has 1 aliphatic rings. The Labute approximate surface area is 135 Å². The van der Waals surface area contributed by atoms with E-state index in [1.54, 1.807) is 26.2 Å². The van der Waals surface area contributed by atoms with Crippen LogP contribution in [-0.2, 0) is 7.05 Å². The molecule has 0 aromatic carbocycles. The van der Waals surface area contributed by atoms with Crippen LogP contribution >= 0.6 is 11.6 Å². The molecule has 0 amide bonds. The molecule has 118 valence electrons. The molecule has 3 aromatic heterocycles. The van der Waals surface area contributed by atoms with Crippen molar-refractivity contribution in [3.8, 4) is 0 Å². The lowest BCUT2D eigenvalue weighted by molar-refractivity contribution is 0.103. The first-order valence-corrected chi connectivity index (χ1v) is 7.70. The zero-order chi connectivity index (χ0) is 16.3. The fourth-order valence-corrected chi connectivity index (χ4v) is 3.10. The number of rotatable bonds is 3. The van der Waals surface area contributed by atoms with Crippen molar-refractivity contribution < 1.29 is 4.79 Å². The van der Waals surface area contributed by atoms with Gasteiger partial charge in [-0.15, -0.1) is 10.2 Å². The molecule has 3 aromatic rings. The third kappa shape index (κ3) is 2.03. The van der Waals surface area contributed by atoms with Gasteiger partial charge in [0, 0.05) is 30.4 Å². The van der Waals surface area contributed by atoms with Crippen LogP contribution in [0.2, 0.25) is 5.02 Å². The molecule has 0 radical (unpaired) electrons. The molecule has 1 aliphatic carbocycles. The van der Waals surface area contributed by atoms with Crippen molar-refractivity contribution >= 4 is 23.0 Å². The summed E-state index contributed by atoms with van der Waals surface area (Å²) >= 11 is 6.37. The summed E-state index contributed by atoms with van der Waals surface area (Å²) < 4.78 is 3.09. The number of carbonyl (C=O) groups is 1. The Balaban J connectivity index is 1.87. The fourth-order valence-electron chi connectivity index (χ4n) is 2.83. The number of ketones is 1. The maximum Gasteiger partial charge on any atom is 0.277 e. The summed E-state index contributed by atoms with van der Waals surface area (Å²) in [4.78, 5) is 24.9. The molecule has 1 fully saturated rings. The van der Waals surface area contributed by atoms with Crippen LogP contribution in [0.5, 0.6) is 0 Å². The lowest BCUT2D eigenvalue weighted by Gasteiger charge is -2.04. The smallest absolute Gasteiger partial charge is 0.277 e. The molecular formula is C15H14ClN5O2. The van der Waals surface area contributed by atoms with E-state index in [1.165, 1.54) is 4.68 Å². The number of aryl methyl sites for hydroxylation is 2. The molecule has 1 saturated carbocycles. The van der Waals surface area contributed by atoms with Gasteiger partial charge >= 0.3 is 0 Å². The molecule has 8 heteroatoms. The van der Waals surface area contributed by atoms with E-state index >= 15 is 0 Å². The maximum absolute atomic E-state index is 12.7. The quantitative estimate of drug-likeness (QED) is 0.742. The Kier molecular flexibility index (Phi) is 2.96. The van der Waals surface area contributed by atoms with Gasteiger partial charge in [0.05, 0.1) is 5.02 Å². The van der Waals surface area contributed by atoms with Crippen molar-refractivity contribution in [1.29, 1.82) is 0 Å². The number of hydrogen-bond donors (Lipinski definition) is 1. The second-order valence-electron chi connectivity index (χ2n) is 5.87. The van der Waals surface area contributed by atoms with E-state index in [1.807, 2.05) is 4.40 Å². The van der Waals surface area contributed by atoms with Gasteiger partial charge in [-0.25, -0.2) is 0 Å². The molecule has 0 saturated heterocycles. The van der Waals surface area contributed by atoms with Crippen LogP contribution in [-0.4, -0.2) is 30.2 Å². The van der Waals surface area contributed by atoms with Gasteiger partial charge in [0.1, 0.15) is 11.4 Å². The second kappa shape index (κ2) is 4.79. The zero-order valence-corrected chi connectivity index (χ0v) is 13.4. The first kappa shape index (κ1) is 14.2. The van der Waals surface area contributed by atoms with Gasteiger partial charge in [-0.3, -0.25) is 23.8 Å². The number of halogens is 1. The summed E-state index contributed by atoms with van der Waals surface area (Å²) in [5, 5.41) is 11.3. The zero-order valence-electron chi connectivity index (χ0n) is 12.6. The minimum Gasteiger partial charge on any atom is -0.299 e. The average molecular weight is 332 g/mol. The molecule has 0 spiro atoms. The number of aromatic nitrogens is 5. The molecule has 23 heavy (non-hydrogen) atoms. The van der Waals surface area contributed by atoms with Crippen LogP contribution in [0.1, 0.15) is 46.2 Å². The van der Waals surface area contributed by atoms with Gasteiger partial charge in [0.2, 0.25) is 5.78 Å². The Hall–Kier alpha value is -2.41. The van der Waals surface area contributed by atoms with E-state index < -0.39 is 5.78 Å². The Morgan fingerprint density at radius 1 is 1.39 bits per heavy atom. The topological polar surface area (TPSA) is 85.0 Å². The van der Waals surface area contributed by atoms with E-state index in [4.69, 9.17) is 11.6 Å². The fraction of sp³-hybridized carbons (Fsp3) is 0.333. The van der Waals surface area contributed by atoms with Crippen LogP contribution < -0.4 is 5.56 Å². The van der Waals surface area contributed by atoms with Crippen LogP contribution in [0.25, 0.3) is 5.65 Å². The number of aromatic amines is 1. The summed E-state index contributed by atoms with van der Waals surface area (Å²) in [6.45, 7) is 1.68. The predicted octanol–water partition coefficient (Wildman–Crippen LogP) is 1.83. The lowest BCUT2D eigenvalue weighted by atomic mass is 10.1. The van der Waals surface area contributed by atoms with Crippen LogP contribution in [0.15, 0.2) is 17.1 Å². The van der Waals surface area contributed by atoms with Crippen molar-refractivity contribution in [2.24, 2.45) is 7.05 Å². The summed E-state index contributed by atoms with van der Waals surface area (Å²) in [5.74, 6) is 0.879. The second-order valence-corrected chi connectivity index (χ2v) is 6.25. The van der Waals surface area contributed by atoms with E-state index in [-0.39, 0.29) is 21.7 Å². The predicted molar refractivity (Wildman–Crippen MR) is 84.2 cm³/mol. The van der Waals surface area contributed by atoms with Crippen molar-refractivity contribution in [1.82, 2.24) is 24.4 Å². The molecule has 0 atom stereocenters. The highest BCUT2D eigenvalue weighted by Crippen LogP contribution is 2.39. The largest absolute Gasteiger partial charge is 0.299 e. The van der Waals surface area contributed by atoms with Gasteiger partial charge in [0.15, 0.2) is 5.65 Å². The third-order valence-corrected chi connectivity index (χ3v) is 4.56. The monoisotopic (exact) mass is 331 g/mol. The van der Waals surface area contributed by atoms with Crippen molar-refractivity contribution in [2.75, 3.05) is 0 Å². The molecule has 1 N–H and O–H groups in total. The van der Waals surface area contributed by atoms with Crippen molar-refractivity contribution in [3.05, 3.63) is 50.3 Å². The Morgan fingerprint density at radius 3 is 2.74 bits per heavy atom. The number of hydrogen-bond acceptors (Lipinski definition) is 4. The average Bonchev–Trinajstić information content (AvgIpc) is 3.20. The summed E-state index contributed by atoms with van der Waals surface area (Å²) in [7, 11) is 1.57. The van der Waals surface area contributed by atoms with Crippen LogP contribution in [0.4, 0.5) is 0 Å². The van der Waals surface area contributed by atoms with Crippen molar-refractivity contribution in [3.63, 3.8) is 0 Å². The number of fused-ring (bicyclic) bond motifs is 1. The normalized spacial score (nSPS) is 14.6. The number of carbonyl (C=O) groups excluding carboxylic acids is 1. The highest BCUT2D eigenvalue weighted by Gasteiger charge is 2.30. The highest BCUT2D eigenvalue weighted by molar-refractivity contribution is 6.37. The molecule has 0 bridgehead atoms. The van der Waals surface area contributed by atoms with E-state index in [0.717, 1.165) is 18.7 Å². The first-order valence-electron chi connectivity index (χ1n) is 7.32. The van der Waals surface area contributed by atoms with Crippen LogP contribution in [0, 0.1) is 6.92 Å². The third-order valence-electron chi connectivity index (χ3n) is 4.19. The molecule has 0 unspecified atom stereocenters. The number of pyridine rings is 1. The Bertz CT molecular complexity index is 1010. The molecule has 3 heterocycles. The summed E-state index contributed by atoms with van der Waals surface area (Å²) in [6, 6.07) is 1.62. The minimum absolute atomic E-state index is 0.0979. The van der Waals surface area contributed by atoms with E-state index in [2.05, 4.69) is 15.3 Å². The highest BCUT2D eigenvalue weighted by atomic mass is 35.5. The molecular weight excluding hydrogens is 318 g/mol.